The smallest absolute Gasteiger partial charge is 0.123 e. The fourth-order valence-corrected chi connectivity index (χ4v) is 2.03. The largest absolute Gasteiger partial charge is 0.384 e. The van der Waals surface area contributed by atoms with Gasteiger partial charge in [-0.2, -0.15) is 11.8 Å². The third-order valence-electron chi connectivity index (χ3n) is 1.97. The Morgan fingerprint density at radius 2 is 2.29 bits per heavy atom. The van der Waals surface area contributed by atoms with Crippen LogP contribution in [0.15, 0.2) is 18.3 Å². The van der Waals surface area contributed by atoms with Gasteiger partial charge in [0.1, 0.15) is 5.82 Å². The van der Waals surface area contributed by atoms with Crippen molar-refractivity contribution < 1.29 is 0 Å². The van der Waals surface area contributed by atoms with E-state index in [4.69, 9.17) is 11.5 Å². The van der Waals surface area contributed by atoms with Gasteiger partial charge in [0.2, 0.25) is 0 Å². The first-order valence-corrected chi connectivity index (χ1v) is 5.91. The lowest BCUT2D eigenvalue weighted by Crippen LogP contribution is -2.21. The van der Waals surface area contributed by atoms with E-state index >= 15 is 0 Å². The zero-order valence-electron chi connectivity index (χ0n) is 8.44. The van der Waals surface area contributed by atoms with Crippen LogP contribution in [0, 0.1) is 0 Å². The minimum Gasteiger partial charge on any atom is -0.384 e. The highest BCUT2D eigenvalue weighted by molar-refractivity contribution is 7.98. The van der Waals surface area contributed by atoms with Crippen molar-refractivity contribution in [2.75, 3.05) is 11.5 Å². The van der Waals surface area contributed by atoms with Crippen LogP contribution in [-0.4, -0.2) is 16.8 Å². The maximum atomic E-state index is 5.80. The van der Waals surface area contributed by atoms with Gasteiger partial charge in [0.05, 0.1) is 0 Å². The predicted octanol–water partition coefficient (Wildman–Crippen LogP) is 1.63. The third-order valence-corrected chi connectivity index (χ3v) is 3.17. The first-order valence-electron chi connectivity index (χ1n) is 4.76. The summed E-state index contributed by atoms with van der Waals surface area (Å²) in [6.45, 7) is 2.11. The number of pyridine rings is 1. The highest BCUT2D eigenvalue weighted by atomic mass is 32.2. The van der Waals surface area contributed by atoms with Gasteiger partial charge < -0.3 is 11.5 Å². The molecular weight excluding hydrogens is 194 g/mol. The Hall–Kier alpha value is -0.740. The molecule has 0 fully saturated rings. The minimum atomic E-state index is 0.307. The molecule has 14 heavy (non-hydrogen) atoms. The maximum absolute atomic E-state index is 5.80. The molecule has 1 heterocycles. The van der Waals surface area contributed by atoms with Crippen molar-refractivity contribution in [2.45, 2.75) is 25.1 Å². The molecule has 1 unspecified atom stereocenters. The van der Waals surface area contributed by atoms with Gasteiger partial charge in [-0.05, 0) is 18.1 Å². The number of hydrogen-bond donors (Lipinski definition) is 2. The van der Waals surface area contributed by atoms with E-state index in [0.29, 0.717) is 11.9 Å². The molecule has 78 valence electrons. The van der Waals surface area contributed by atoms with Crippen molar-refractivity contribution in [1.82, 2.24) is 4.98 Å². The van der Waals surface area contributed by atoms with Gasteiger partial charge in [-0.3, -0.25) is 0 Å². The van der Waals surface area contributed by atoms with Crippen LogP contribution in [-0.2, 0) is 5.75 Å². The van der Waals surface area contributed by atoms with Crippen molar-refractivity contribution in [1.29, 1.82) is 0 Å². The summed E-state index contributed by atoms with van der Waals surface area (Å²) in [5, 5.41) is 0. The summed E-state index contributed by atoms with van der Waals surface area (Å²) in [7, 11) is 0. The summed E-state index contributed by atoms with van der Waals surface area (Å²) in [5.74, 6) is 2.53. The van der Waals surface area contributed by atoms with E-state index in [1.54, 1.807) is 0 Å². The topological polar surface area (TPSA) is 64.9 Å². The quantitative estimate of drug-likeness (QED) is 0.777. The third kappa shape index (κ3) is 3.98. The van der Waals surface area contributed by atoms with Gasteiger partial charge in [-0.1, -0.05) is 13.0 Å². The average Bonchev–Trinajstić information content (AvgIpc) is 2.21. The summed E-state index contributed by atoms with van der Waals surface area (Å²) in [6, 6.07) is 4.14. The Balaban J connectivity index is 2.28. The van der Waals surface area contributed by atoms with Crippen LogP contribution in [0.2, 0.25) is 0 Å². The van der Waals surface area contributed by atoms with Crippen LogP contribution in [0.1, 0.15) is 18.9 Å². The van der Waals surface area contributed by atoms with Crippen molar-refractivity contribution in [3.8, 4) is 0 Å². The standard InChI is InChI=1S/C10H17N3S/c1-2-9(11)7-14-6-8-3-4-10(12)13-5-8/h3-5,9H,2,6-7,11H2,1H3,(H2,12,13). The highest BCUT2D eigenvalue weighted by Gasteiger charge is 1.99. The molecule has 0 saturated heterocycles. The zero-order chi connectivity index (χ0) is 10.4. The molecule has 1 rings (SSSR count). The number of thioether (sulfide) groups is 1. The van der Waals surface area contributed by atoms with Gasteiger partial charge in [-0.25, -0.2) is 4.98 Å². The molecule has 1 aromatic heterocycles. The molecular formula is C10H17N3S. The van der Waals surface area contributed by atoms with Crippen LogP contribution in [0.25, 0.3) is 0 Å². The molecule has 1 aromatic rings. The number of nitrogens with zero attached hydrogens (tertiary/aromatic N) is 1. The van der Waals surface area contributed by atoms with Crippen molar-refractivity contribution in [2.24, 2.45) is 5.73 Å². The molecule has 4 N–H and O–H groups in total. The second-order valence-corrected chi connectivity index (χ2v) is 4.31. The first kappa shape index (κ1) is 11.3. The molecule has 0 amide bonds. The lowest BCUT2D eigenvalue weighted by Gasteiger charge is -2.07. The number of rotatable bonds is 5. The molecule has 0 radical (unpaired) electrons. The predicted molar refractivity (Wildman–Crippen MR) is 63.1 cm³/mol. The fraction of sp³-hybridized carbons (Fsp3) is 0.500. The zero-order valence-corrected chi connectivity index (χ0v) is 9.26. The summed E-state index contributed by atoms with van der Waals surface area (Å²) >= 11 is 1.84. The molecule has 0 bridgehead atoms. The number of nitrogen functional groups attached to an aromatic ring is 1. The van der Waals surface area contributed by atoms with E-state index in [1.165, 1.54) is 5.56 Å². The van der Waals surface area contributed by atoms with Crippen LogP contribution in [0.4, 0.5) is 5.82 Å². The van der Waals surface area contributed by atoms with Crippen molar-refractivity contribution >= 4 is 17.6 Å². The second-order valence-electron chi connectivity index (χ2n) is 3.27. The molecule has 0 spiro atoms. The van der Waals surface area contributed by atoms with E-state index in [-0.39, 0.29) is 0 Å². The minimum absolute atomic E-state index is 0.307. The van der Waals surface area contributed by atoms with Gasteiger partial charge >= 0.3 is 0 Å². The number of anilines is 1. The van der Waals surface area contributed by atoms with Gasteiger partial charge in [0.15, 0.2) is 0 Å². The fourth-order valence-electron chi connectivity index (χ4n) is 0.967. The molecule has 0 aliphatic rings. The van der Waals surface area contributed by atoms with Crippen LogP contribution in [0.3, 0.4) is 0 Å². The lowest BCUT2D eigenvalue weighted by atomic mass is 10.3. The van der Waals surface area contributed by atoms with E-state index < -0.39 is 0 Å². The van der Waals surface area contributed by atoms with Crippen molar-refractivity contribution in [3.63, 3.8) is 0 Å². The van der Waals surface area contributed by atoms with Crippen molar-refractivity contribution in [3.05, 3.63) is 23.9 Å². The monoisotopic (exact) mass is 211 g/mol. The second kappa shape index (κ2) is 5.88. The van der Waals surface area contributed by atoms with Gasteiger partial charge in [0.25, 0.3) is 0 Å². The van der Waals surface area contributed by atoms with Gasteiger partial charge in [-0.15, -0.1) is 0 Å². The van der Waals surface area contributed by atoms with Crippen LogP contribution in [0.5, 0.6) is 0 Å². The SMILES string of the molecule is CCC(N)CSCc1ccc(N)nc1. The molecule has 3 nitrogen and oxygen atoms in total. The number of hydrogen-bond acceptors (Lipinski definition) is 4. The Kier molecular flexibility index (Phi) is 4.76. The van der Waals surface area contributed by atoms with Crippen LogP contribution >= 0.6 is 11.8 Å². The molecule has 0 aromatic carbocycles. The van der Waals surface area contributed by atoms with E-state index in [1.807, 2.05) is 30.1 Å². The Morgan fingerprint density at radius 3 is 2.86 bits per heavy atom. The molecule has 0 saturated carbocycles. The summed E-state index contributed by atoms with van der Waals surface area (Å²) < 4.78 is 0. The van der Waals surface area contributed by atoms with Crippen LogP contribution < -0.4 is 11.5 Å². The molecule has 4 heteroatoms. The Labute approximate surface area is 89.3 Å². The van der Waals surface area contributed by atoms with E-state index in [2.05, 4.69) is 11.9 Å². The van der Waals surface area contributed by atoms with E-state index in [0.717, 1.165) is 17.9 Å². The lowest BCUT2D eigenvalue weighted by molar-refractivity contribution is 0.725. The molecule has 0 aliphatic heterocycles. The summed E-state index contributed by atoms with van der Waals surface area (Å²) in [4.78, 5) is 4.03. The summed E-state index contributed by atoms with van der Waals surface area (Å²) in [6.07, 6.45) is 2.85. The summed E-state index contributed by atoms with van der Waals surface area (Å²) in [5.41, 5.74) is 12.5. The Morgan fingerprint density at radius 1 is 1.50 bits per heavy atom. The molecule has 0 aliphatic carbocycles. The maximum Gasteiger partial charge on any atom is 0.123 e. The number of aromatic nitrogens is 1. The average molecular weight is 211 g/mol. The molecule has 1 atom stereocenters. The number of nitrogens with two attached hydrogens (primary N) is 2. The van der Waals surface area contributed by atoms with E-state index in [9.17, 15) is 0 Å². The first-order chi connectivity index (χ1) is 6.72. The normalized spacial score (nSPS) is 12.7. The highest BCUT2D eigenvalue weighted by Crippen LogP contribution is 2.13. The van der Waals surface area contributed by atoms with Gasteiger partial charge in [0, 0.05) is 23.7 Å². The Bertz CT molecular complexity index is 261.